The quantitative estimate of drug-likeness (QED) is 0.868. The van der Waals surface area contributed by atoms with Crippen LogP contribution in [0.15, 0.2) is 30.9 Å². The fourth-order valence-electron chi connectivity index (χ4n) is 2.77. The third kappa shape index (κ3) is 2.55. The lowest BCUT2D eigenvalue weighted by Crippen LogP contribution is -2.32. The van der Waals surface area contributed by atoms with Crippen LogP contribution in [0, 0.1) is 0 Å². The van der Waals surface area contributed by atoms with Gasteiger partial charge in [0.05, 0.1) is 12.6 Å². The molecule has 2 unspecified atom stereocenters. The van der Waals surface area contributed by atoms with Crippen molar-refractivity contribution in [2.75, 3.05) is 0 Å². The fraction of sp³-hybridized carbons (Fsp3) is 0.429. The molecule has 2 atom stereocenters. The number of benzene rings is 1. The van der Waals surface area contributed by atoms with E-state index >= 15 is 0 Å². The summed E-state index contributed by atoms with van der Waals surface area (Å²) in [5.74, 6) is 0. The predicted octanol–water partition coefficient (Wildman–Crippen LogP) is 3.68. The second-order valence-electron chi connectivity index (χ2n) is 5.18. The van der Waals surface area contributed by atoms with Gasteiger partial charge in [0.25, 0.3) is 0 Å². The van der Waals surface area contributed by atoms with Gasteiger partial charge in [0.15, 0.2) is 0 Å². The van der Waals surface area contributed by atoms with Gasteiger partial charge in [-0.1, -0.05) is 29.3 Å². The van der Waals surface area contributed by atoms with Gasteiger partial charge in [-0.15, -0.1) is 0 Å². The highest BCUT2D eigenvalue weighted by Crippen LogP contribution is 2.43. The molecule has 2 heterocycles. The lowest BCUT2D eigenvalue weighted by molar-refractivity contribution is -0.0523. The van der Waals surface area contributed by atoms with E-state index < -0.39 is 5.60 Å². The molecule has 106 valence electrons. The maximum absolute atomic E-state index is 6.38. The molecule has 0 saturated carbocycles. The number of ether oxygens (including phenoxy) is 1. The van der Waals surface area contributed by atoms with Gasteiger partial charge >= 0.3 is 0 Å². The molecule has 1 aromatic heterocycles. The highest BCUT2D eigenvalue weighted by molar-refractivity contribution is 6.35. The van der Waals surface area contributed by atoms with Crippen LogP contribution in [-0.2, 0) is 16.9 Å². The van der Waals surface area contributed by atoms with Crippen LogP contribution in [0.5, 0.6) is 0 Å². The molecule has 2 aromatic rings. The topological polar surface area (TPSA) is 39.9 Å². The van der Waals surface area contributed by atoms with Crippen LogP contribution < -0.4 is 0 Å². The van der Waals surface area contributed by atoms with Crippen LogP contribution in [0.3, 0.4) is 0 Å². The van der Waals surface area contributed by atoms with Crippen molar-refractivity contribution in [2.45, 2.75) is 38.0 Å². The largest absolute Gasteiger partial charge is 0.365 e. The van der Waals surface area contributed by atoms with Crippen LogP contribution in [0.4, 0.5) is 0 Å². The van der Waals surface area contributed by atoms with Crippen molar-refractivity contribution in [1.29, 1.82) is 0 Å². The predicted molar refractivity (Wildman–Crippen MR) is 77.9 cm³/mol. The van der Waals surface area contributed by atoms with E-state index in [-0.39, 0.29) is 6.10 Å². The highest BCUT2D eigenvalue weighted by Gasteiger charge is 2.42. The van der Waals surface area contributed by atoms with E-state index in [4.69, 9.17) is 27.9 Å². The van der Waals surface area contributed by atoms with Gasteiger partial charge in [0.2, 0.25) is 0 Å². The van der Waals surface area contributed by atoms with Crippen LogP contribution in [0.2, 0.25) is 10.0 Å². The summed E-state index contributed by atoms with van der Waals surface area (Å²) in [5.41, 5.74) is 0.498. The Morgan fingerprint density at radius 1 is 1.45 bits per heavy atom. The van der Waals surface area contributed by atoms with E-state index in [1.165, 1.54) is 6.33 Å². The molecule has 3 rings (SSSR count). The molecule has 0 N–H and O–H groups in total. The molecule has 6 heteroatoms. The average molecular weight is 312 g/mol. The number of aromatic nitrogens is 3. The Morgan fingerprint density at radius 3 is 2.90 bits per heavy atom. The molecule has 0 bridgehead atoms. The smallest absolute Gasteiger partial charge is 0.137 e. The van der Waals surface area contributed by atoms with E-state index in [2.05, 4.69) is 17.0 Å². The summed E-state index contributed by atoms with van der Waals surface area (Å²) in [6.45, 7) is 2.67. The molecular weight excluding hydrogens is 297 g/mol. The molecule has 1 aromatic carbocycles. The second kappa shape index (κ2) is 5.35. The van der Waals surface area contributed by atoms with Gasteiger partial charge in [-0.05, 0) is 31.9 Å². The fourth-order valence-corrected chi connectivity index (χ4v) is 3.35. The van der Waals surface area contributed by atoms with E-state index in [1.807, 2.05) is 12.1 Å². The molecule has 1 saturated heterocycles. The third-order valence-electron chi connectivity index (χ3n) is 3.69. The summed E-state index contributed by atoms with van der Waals surface area (Å²) in [6, 6.07) is 5.55. The van der Waals surface area contributed by atoms with E-state index in [9.17, 15) is 0 Å². The minimum absolute atomic E-state index is 0.199. The minimum atomic E-state index is -0.464. The SMILES string of the molecule is CC1CCC(Cn2cncn2)(c2ccc(Cl)cc2Cl)O1. The average Bonchev–Trinajstić information content (AvgIpc) is 3.00. The monoisotopic (exact) mass is 311 g/mol. The summed E-state index contributed by atoms with van der Waals surface area (Å²) in [4.78, 5) is 3.99. The van der Waals surface area contributed by atoms with Crippen molar-refractivity contribution >= 4 is 23.2 Å². The molecule has 1 aliphatic rings. The lowest BCUT2D eigenvalue weighted by Gasteiger charge is -2.30. The molecular formula is C14H15Cl2N3O. The molecule has 4 nitrogen and oxygen atoms in total. The van der Waals surface area contributed by atoms with Crippen molar-refractivity contribution in [2.24, 2.45) is 0 Å². The summed E-state index contributed by atoms with van der Waals surface area (Å²) in [5, 5.41) is 5.44. The number of nitrogens with zero attached hydrogens (tertiary/aromatic N) is 3. The van der Waals surface area contributed by atoms with Crippen molar-refractivity contribution in [3.8, 4) is 0 Å². The van der Waals surface area contributed by atoms with E-state index in [1.54, 1.807) is 17.1 Å². The molecule has 0 spiro atoms. The summed E-state index contributed by atoms with van der Waals surface area (Å²) in [6.07, 6.45) is 5.31. The van der Waals surface area contributed by atoms with Crippen LogP contribution >= 0.6 is 23.2 Å². The van der Waals surface area contributed by atoms with Crippen LogP contribution in [0.25, 0.3) is 0 Å². The zero-order chi connectivity index (χ0) is 14.2. The Bertz CT molecular complexity index is 602. The Morgan fingerprint density at radius 2 is 2.30 bits per heavy atom. The first-order chi connectivity index (χ1) is 9.59. The maximum atomic E-state index is 6.38. The van der Waals surface area contributed by atoms with E-state index in [0.29, 0.717) is 16.6 Å². The normalized spacial score (nSPS) is 26.1. The first-order valence-corrected chi connectivity index (χ1v) is 7.30. The van der Waals surface area contributed by atoms with Crippen molar-refractivity contribution in [1.82, 2.24) is 14.8 Å². The maximum Gasteiger partial charge on any atom is 0.137 e. The second-order valence-corrected chi connectivity index (χ2v) is 6.02. The molecule has 1 aliphatic heterocycles. The highest BCUT2D eigenvalue weighted by atomic mass is 35.5. The zero-order valence-corrected chi connectivity index (χ0v) is 12.6. The van der Waals surface area contributed by atoms with Gasteiger partial charge < -0.3 is 4.74 Å². The van der Waals surface area contributed by atoms with Gasteiger partial charge in [-0.2, -0.15) is 5.10 Å². The number of hydrogen-bond donors (Lipinski definition) is 0. The molecule has 1 fully saturated rings. The van der Waals surface area contributed by atoms with Crippen molar-refractivity contribution in [3.05, 3.63) is 46.5 Å². The molecule has 0 amide bonds. The summed E-state index contributed by atoms with van der Waals surface area (Å²) < 4.78 is 7.99. The number of hydrogen-bond acceptors (Lipinski definition) is 3. The Labute approximate surface area is 127 Å². The first-order valence-electron chi connectivity index (χ1n) is 6.55. The first kappa shape index (κ1) is 13.9. The van der Waals surface area contributed by atoms with Crippen molar-refractivity contribution in [3.63, 3.8) is 0 Å². The van der Waals surface area contributed by atoms with Gasteiger partial charge in [-0.3, -0.25) is 0 Å². The minimum Gasteiger partial charge on any atom is -0.365 e. The van der Waals surface area contributed by atoms with Gasteiger partial charge in [0.1, 0.15) is 18.3 Å². The lowest BCUT2D eigenvalue weighted by atomic mass is 9.90. The third-order valence-corrected chi connectivity index (χ3v) is 4.24. The Kier molecular flexibility index (Phi) is 3.71. The Hall–Kier alpha value is -1.10. The summed E-state index contributed by atoms with van der Waals surface area (Å²) in [7, 11) is 0. The van der Waals surface area contributed by atoms with E-state index in [0.717, 1.165) is 18.4 Å². The standard InChI is InChI=1S/C14H15Cl2N3O/c1-10-4-5-14(20-10,7-19-9-17-8-18-19)12-3-2-11(15)6-13(12)16/h2-3,6,8-10H,4-5,7H2,1H3. The molecule has 20 heavy (non-hydrogen) atoms. The van der Waals surface area contributed by atoms with Gasteiger partial charge in [-0.25, -0.2) is 9.67 Å². The summed E-state index contributed by atoms with van der Waals surface area (Å²) >= 11 is 12.4. The zero-order valence-electron chi connectivity index (χ0n) is 11.1. The van der Waals surface area contributed by atoms with Crippen molar-refractivity contribution < 1.29 is 4.74 Å². The number of rotatable bonds is 3. The Balaban J connectivity index is 2.01. The molecule has 0 aliphatic carbocycles. The van der Waals surface area contributed by atoms with Crippen LogP contribution in [-0.4, -0.2) is 20.9 Å². The van der Waals surface area contributed by atoms with Gasteiger partial charge in [0, 0.05) is 15.6 Å². The number of halogens is 2. The van der Waals surface area contributed by atoms with Crippen LogP contribution in [0.1, 0.15) is 25.3 Å². The molecule has 0 radical (unpaired) electrons.